The Morgan fingerprint density at radius 1 is 1.02 bits per heavy atom. The van der Waals surface area contributed by atoms with Crippen molar-refractivity contribution < 1.29 is 23.4 Å². The van der Waals surface area contributed by atoms with Gasteiger partial charge in [0.05, 0.1) is 23.0 Å². The molecule has 52 heavy (non-hydrogen) atoms. The fourth-order valence-electron chi connectivity index (χ4n) is 9.29. The minimum absolute atomic E-state index is 0.0561. The van der Waals surface area contributed by atoms with E-state index < -0.39 is 25.3 Å². The topological polar surface area (TPSA) is 80.5 Å². The number of benzene rings is 2. The fraction of sp³-hybridized carbons (Fsp3) is 0.548. The number of aromatic hydroxyl groups is 1. The Morgan fingerprint density at radius 2 is 1.65 bits per heavy atom. The van der Waals surface area contributed by atoms with Gasteiger partial charge in [0.15, 0.2) is 5.82 Å². The molecule has 3 atom stereocenters. The zero-order chi connectivity index (χ0) is 37.6. The number of piperidine rings is 1. The van der Waals surface area contributed by atoms with Crippen molar-refractivity contribution in [3.63, 3.8) is 0 Å². The number of fused-ring (bicyclic) bond motifs is 3. The molecule has 0 bridgehead atoms. The average Bonchev–Trinajstić information content (AvgIpc) is 3.93. The molecule has 2 saturated carbocycles. The Morgan fingerprint density at radius 3 is 2.21 bits per heavy atom. The second-order valence-corrected chi connectivity index (χ2v) is 22.8. The largest absolute Gasteiger partial charge is 0.508 e. The lowest BCUT2D eigenvalue weighted by Crippen LogP contribution is -2.43. The zero-order valence-corrected chi connectivity index (χ0v) is 33.2. The minimum atomic E-state index is -2.24. The normalized spacial score (nSPS) is 20.3. The molecule has 2 aromatic heterocycles. The molecule has 1 saturated heterocycles. The van der Waals surface area contributed by atoms with Crippen molar-refractivity contribution in [2.75, 3.05) is 13.1 Å². The number of ether oxygens (including phenoxy) is 1. The molecule has 1 aliphatic heterocycles. The zero-order valence-electron chi connectivity index (χ0n) is 32.2. The number of likely N-dealkylation sites (tertiary alicyclic amines) is 1. The van der Waals surface area contributed by atoms with Crippen LogP contribution in [0.25, 0.3) is 32.9 Å². The molecule has 0 spiro atoms. The molecule has 0 radical (unpaired) electrons. The number of pyridine rings is 1. The van der Waals surface area contributed by atoms with E-state index in [1.54, 1.807) is 17.0 Å². The van der Waals surface area contributed by atoms with Gasteiger partial charge in [0.2, 0.25) is 0 Å². The van der Waals surface area contributed by atoms with Crippen LogP contribution >= 0.6 is 0 Å². The molecule has 1 N–H and O–H groups in total. The first-order valence-electron chi connectivity index (χ1n) is 19.1. The van der Waals surface area contributed by atoms with E-state index in [9.17, 15) is 9.90 Å². The number of carbonyl (C=O) groups excluding carboxylic acids is 1. The van der Waals surface area contributed by atoms with Gasteiger partial charge in [-0.25, -0.2) is 18.6 Å². The van der Waals surface area contributed by atoms with Crippen molar-refractivity contribution in [3.05, 3.63) is 52.9 Å². The lowest BCUT2D eigenvalue weighted by atomic mass is 9.95. The Bertz CT molecular complexity index is 2120. The fourth-order valence-corrected chi connectivity index (χ4v) is 14.5. The van der Waals surface area contributed by atoms with Crippen molar-refractivity contribution in [3.8, 4) is 28.5 Å². The van der Waals surface area contributed by atoms with Crippen molar-refractivity contribution in [1.82, 2.24) is 19.7 Å². The molecule has 4 aromatic rings. The standard InChI is InChI=1S/C42H52F2N4O3Si/c1-11-33-36-39(35-30-20-47(21-31(30)35)41(50)51-42(8,9)10)46-48(26-13-14-26)40(36)37(44)38(45-33)29-19-27(49)18-25-12-15-32(43)28(34(25)29)16-17-52(22(2)3,23(4)5)24(6)7/h12,15,18-19,22-24,26,30-31,35,49H,11,13-14,20-21H2,1-10H3/t30-,31+,35?. The summed E-state index contributed by atoms with van der Waals surface area (Å²) in [6, 6.07) is 6.17. The van der Waals surface area contributed by atoms with Gasteiger partial charge < -0.3 is 14.7 Å². The van der Waals surface area contributed by atoms with E-state index >= 15 is 8.78 Å². The molecular weight excluding hydrogens is 675 g/mol. The molecular formula is C42H52F2N4O3Si. The lowest BCUT2D eigenvalue weighted by Gasteiger charge is -2.38. The average molecular weight is 727 g/mol. The summed E-state index contributed by atoms with van der Waals surface area (Å²) >= 11 is 0. The van der Waals surface area contributed by atoms with Gasteiger partial charge >= 0.3 is 6.09 Å². The van der Waals surface area contributed by atoms with Gasteiger partial charge in [-0.2, -0.15) is 5.10 Å². The second kappa shape index (κ2) is 12.9. The van der Waals surface area contributed by atoms with Gasteiger partial charge in [-0.15, -0.1) is 5.54 Å². The van der Waals surface area contributed by atoms with Crippen LogP contribution in [0.1, 0.15) is 111 Å². The Labute approximate surface area is 307 Å². The summed E-state index contributed by atoms with van der Waals surface area (Å²) in [7, 11) is -2.24. The molecule has 3 fully saturated rings. The third-order valence-electron chi connectivity index (χ3n) is 11.9. The molecule has 3 heterocycles. The number of hydrogen-bond donors (Lipinski definition) is 1. The Kier molecular flexibility index (Phi) is 9.00. The lowest BCUT2D eigenvalue weighted by molar-refractivity contribution is 0.0270. The van der Waals surface area contributed by atoms with Crippen LogP contribution in [-0.4, -0.2) is 57.6 Å². The highest BCUT2D eigenvalue weighted by Gasteiger charge is 2.59. The number of amides is 1. The molecule has 7 nitrogen and oxygen atoms in total. The van der Waals surface area contributed by atoms with E-state index in [0.717, 1.165) is 23.9 Å². The van der Waals surface area contributed by atoms with E-state index in [1.165, 1.54) is 12.1 Å². The number of phenols is 1. The van der Waals surface area contributed by atoms with E-state index in [-0.39, 0.29) is 46.9 Å². The smallest absolute Gasteiger partial charge is 0.410 e. The van der Waals surface area contributed by atoms with Crippen LogP contribution in [0.4, 0.5) is 13.6 Å². The van der Waals surface area contributed by atoms with Crippen LogP contribution in [0, 0.1) is 34.9 Å². The van der Waals surface area contributed by atoms with E-state index in [1.807, 2.05) is 32.4 Å². The van der Waals surface area contributed by atoms with Crippen molar-refractivity contribution in [1.29, 1.82) is 0 Å². The molecule has 276 valence electrons. The monoisotopic (exact) mass is 726 g/mol. The number of hydrogen-bond acceptors (Lipinski definition) is 5. The molecule has 2 aliphatic carbocycles. The van der Waals surface area contributed by atoms with Gasteiger partial charge in [-0.3, -0.25) is 4.68 Å². The number of rotatable bonds is 7. The van der Waals surface area contributed by atoms with Gasteiger partial charge in [0, 0.05) is 35.3 Å². The van der Waals surface area contributed by atoms with Crippen LogP contribution in [-0.2, 0) is 11.2 Å². The number of nitrogens with zero attached hydrogens (tertiary/aromatic N) is 4. The first-order chi connectivity index (χ1) is 24.5. The van der Waals surface area contributed by atoms with Gasteiger partial charge in [0.1, 0.15) is 36.5 Å². The van der Waals surface area contributed by atoms with Crippen LogP contribution in [0.2, 0.25) is 16.6 Å². The number of aromatic nitrogens is 3. The van der Waals surface area contributed by atoms with Crippen LogP contribution < -0.4 is 0 Å². The maximum Gasteiger partial charge on any atom is 0.410 e. The van der Waals surface area contributed by atoms with Crippen LogP contribution in [0.15, 0.2) is 24.3 Å². The van der Waals surface area contributed by atoms with Gasteiger partial charge in [-0.1, -0.05) is 60.5 Å². The Balaban J connectivity index is 1.38. The molecule has 7 rings (SSSR count). The highest BCUT2D eigenvalue weighted by molar-refractivity contribution is 6.90. The molecule has 10 heteroatoms. The quantitative estimate of drug-likeness (QED) is 0.152. The van der Waals surface area contributed by atoms with Crippen molar-refractivity contribution in [2.24, 2.45) is 11.8 Å². The molecule has 1 unspecified atom stereocenters. The number of phenolic OH excluding ortho intramolecular Hbond substituents is 1. The van der Waals surface area contributed by atoms with E-state index in [0.29, 0.717) is 63.7 Å². The summed E-state index contributed by atoms with van der Waals surface area (Å²) in [6.45, 7) is 22.1. The highest BCUT2D eigenvalue weighted by Crippen LogP contribution is 2.60. The number of carbonyl (C=O) groups is 1. The van der Waals surface area contributed by atoms with E-state index in [2.05, 4.69) is 53.0 Å². The third kappa shape index (κ3) is 5.97. The van der Waals surface area contributed by atoms with Gasteiger partial charge in [0.25, 0.3) is 0 Å². The predicted molar refractivity (Wildman–Crippen MR) is 205 cm³/mol. The summed E-state index contributed by atoms with van der Waals surface area (Å²) in [4.78, 5) is 19.6. The second-order valence-electron chi connectivity index (χ2n) is 17.3. The summed E-state index contributed by atoms with van der Waals surface area (Å²) in [6.07, 6.45) is 2.04. The van der Waals surface area contributed by atoms with Gasteiger partial charge in [-0.05, 0) is 92.1 Å². The molecule has 1 amide bonds. The summed E-state index contributed by atoms with van der Waals surface area (Å²) < 4.78 is 40.9. The predicted octanol–water partition coefficient (Wildman–Crippen LogP) is 10.3. The third-order valence-corrected chi connectivity index (χ3v) is 18.1. The summed E-state index contributed by atoms with van der Waals surface area (Å²) in [5.41, 5.74) is 6.72. The minimum Gasteiger partial charge on any atom is -0.508 e. The highest BCUT2D eigenvalue weighted by atomic mass is 28.3. The van der Waals surface area contributed by atoms with Crippen LogP contribution in [0.5, 0.6) is 5.75 Å². The Hall–Kier alpha value is -3.97. The maximum absolute atomic E-state index is 17.4. The maximum atomic E-state index is 17.4. The van der Waals surface area contributed by atoms with E-state index in [4.69, 9.17) is 14.8 Å². The molecule has 2 aromatic carbocycles. The molecule has 3 aliphatic rings. The number of halogens is 2. The van der Waals surface area contributed by atoms with Crippen molar-refractivity contribution in [2.45, 2.75) is 123 Å². The van der Waals surface area contributed by atoms with Crippen LogP contribution in [0.3, 0.4) is 0 Å². The number of aryl methyl sites for hydroxylation is 1. The SMILES string of the molecule is CCc1nc(-c2cc(O)cc3ccc(F)c(C#C[Si](C(C)C)(C(C)C)C(C)C)c23)c(F)c2c1c(C1[C@H]3CN(C(=O)OC(C)(C)C)C[C@@H]13)nn2C1CC1. The first-order valence-corrected chi connectivity index (χ1v) is 21.3. The summed E-state index contributed by atoms with van der Waals surface area (Å²) in [5, 5.41) is 17.9. The van der Waals surface area contributed by atoms with Crippen molar-refractivity contribution >= 4 is 35.8 Å². The summed E-state index contributed by atoms with van der Waals surface area (Å²) in [5.74, 6) is 2.81. The first kappa shape index (κ1) is 36.4.